The molecule has 4 atom stereocenters. The molecule has 1 aromatic rings. The van der Waals surface area contributed by atoms with Gasteiger partial charge in [0.2, 0.25) is 0 Å². The lowest BCUT2D eigenvalue weighted by Crippen LogP contribution is -2.35. The summed E-state index contributed by atoms with van der Waals surface area (Å²) in [4.78, 5) is 24.0. The Hall–Kier alpha value is -1.84. The van der Waals surface area contributed by atoms with Crippen molar-refractivity contribution in [2.45, 2.75) is 18.3 Å². The van der Waals surface area contributed by atoms with Crippen LogP contribution in [0.3, 0.4) is 0 Å². The van der Waals surface area contributed by atoms with Crippen LogP contribution in [0.1, 0.15) is 29.4 Å². The SMILES string of the molecule is COC(=O)[C@@H]1[C@H](C(=O)OC)[C@@H]2C[C@H]1c1ccccc12. The van der Waals surface area contributed by atoms with Gasteiger partial charge in [-0.1, -0.05) is 24.3 Å². The Bertz CT molecular complexity index is 490. The molecule has 0 spiro atoms. The minimum atomic E-state index is -0.405. The van der Waals surface area contributed by atoms with E-state index in [1.54, 1.807) is 0 Å². The molecule has 0 aliphatic heterocycles. The largest absolute Gasteiger partial charge is 0.469 e. The lowest BCUT2D eigenvalue weighted by atomic mass is 9.76. The van der Waals surface area contributed by atoms with E-state index in [2.05, 4.69) is 0 Å². The third kappa shape index (κ3) is 1.59. The van der Waals surface area contributed by atoms with Gasteiger partial charge in [0.05, 0.1) is 26.1 Å². The van der Waals surface area contributed by atoms with E-state index in [4.69, 9.17) is 9.47 Å². The number of carbonyl (C=O) groups is 2. The number of fused-ring (bicyclic) bond motifs is 5. The monoisotopic (exact) mass is 260 g/mol. The Balaban J connectivity index is 2.06. The molecular weight excluding hydrogens is 244 g/mol. The molecule has 0 amide bonds. The van der Waals surface area contributed by atoms with Crippen molar-refractivity contribution in [1.29, 1.82) is 0 Å². The molecule has 3 rings (SSSR count). The molecule has 1 aromatic carbocycles. The number of ether oxygens (including phenoxy) is 2. The zero-order valence-electron chi connectivity index (χ0n) is 11.0. The zero-order chi connectivity index (χ0) is 13.6. The summed E-state index contributed by atoms with van der Waals surface area (Å²) in [6, 6.07) is 8.04. The van der Waals surface area contributed by atoms with Crippen LogP contribution in [0.4, 0.5) is 0 Å². The van der Waals surface area contributed by atoms with E-state index in [-0.39, 0.29) is 23.8 Å². The highest BCUT2D eigenvalue weighted by molar-refractivity contribution is 5.86. The molecule has 0 saturated heterocycles. The molecule has 0 radical (unpaired) electrons. The average Bonchev–Trinajstić information content (AvgIpc) is 3.02. The van der Waals surface area contributed by atoms with Crippen LogP contribution in [-0.2, 0) is 19.1 Å². The number of benzene rings is 1. The van der Waals surface area contributed by atoms with Crippen LogP contribution >= 0.6 is 0 Å². The number of rotatable bonds is 2. The van der Waals surface area contributed by atoms with Crippen molar-refractivity contribution in [1.82, 2.24) is 0 Å². The summed E-state index contributed by atoms with van der Waals surface area (Å²) in [5.74, 6) is -1.26. The van der Waals surface area contributed by atoms with Crippen LogP contribution in [0.25, 0.3) is 0 Å². The van der Waals surface area contributed by atoms with Crippen molar-refractivity contribution in [2.24, 2.45) is 11.8 Å². The van der Waals surface area contributed by atoms with Gasteiger partial charge in [0.15, 0.2) is 0 Å². The van der Waals surface area contributed by atoms with Crippen LogP contribution in [-0.4, -0.2) is 26.2 Å². The molecule has 0 aromatic heterocycles. The second kappa shape index (κ2) is 4.37. The Morgan fingerprint density at radius 1 is 0.947 bits per heavy atom. The fourth-order valence-electron chi connectivity index (χ4n) is 3.79. The average molecular weight is 260 g/mol. The highest BCUT2D eigenvalue weighted by Crippen LogP contribution is 2.59. The lowest BCUT2D eigenvalue weighted by Gasteiger charge is -2.28. The quantitative estimate of drug-likeness (QED) is 0.761. The van der Waals surface area contributed by atoms with Crippen molar-refractivity contribution < 1.29 is 19.1 Å². The third-order valence-corrected chi connectivity index (χ3v) is 4.50. The predicted octanol–water partition coefficient (Wildman–Crippen LogP) is 1.85. The molecule has 2 aliphatic carbocycles. The molecule has 2 aliphatic rings. The molecule has 0 unspecified atom stereocenters. The van der Waals surface area contributed by atoms with Gasteiger partial charge in [0.25, 0.3) is 0 Å². The zero-order valence-corrected chi connectivity index (χ0v) is 11.0. The van der Waals surface area contributed by atoms with E-state index >= 15 is 0 Å². The first-order valence-electron chi connectivity index (χ1n) is 6.43. The molecule has 0 heterocycles. The summed E-state index contributed by atoms with van der Waals surface area (Å²) < 4.78 is 9.76. The van der Waals surface area contributed by atoms with E-state index in [9.17, 15) is 9.59 Å². The summed E-state index contributed by atoms with van der Waals surface area (Å²) in [5.41, 5.74) is 2.37. The number of hydrogen-bond acceptors (Lipinski definition) is 4. The molecular formula is C15H16O4. The van der Waals surface area contributed by atoms with Crippen LogP contribution in [0.15, 0.2) is 24.3 Å². The maximum Gasteiger partial charge on any atom is 0.310 e. The summed E-state index contributed by atoms with van der Waals surface area (Å²) in [5, 5.41) is 0. The van der Waals surface area contributed by atoms with Gasteiger partial charge in [-0.15, -0.1) is 0 Å². The van der Waals surface area contributed by atoms with Gasteiger partial charge >= 0.3 is 11.9 Å². The topological polar surface area (TPSA) is 52.6 Å². The lowest BCUT2D eigenvalue weighted by molar-refractivity contribution is -0.157. The van der Waals surface area contributed by atoms with Crippen molar-refractivity contribution >= 4 is 11.9 Å². The van der Waals surface area contributed by atoms with E-state index in [0.717, 1.165) is 6.42 Å². The van der Waals surface area contributed by atoms with Crippen LogP contribution in [0.5, 0.6) is 0 Å². The molecule has 0 N–H and O–H groups in total. The third-order valence-electron chi connectivity index (χ3n) is 4.50. The fraction of sp³-hybridized carbons (Fsp3) is 0.467. The van der Waals surface area contributed by atoms with Crippen LogP contribution < -0.4 is 0 Å². The minimum Gasteiger partial charge on any atom is -0.469 e. The molecule has 4 nitrogen and oxygen atoms in total. The minimum absolute atomic E-state index is 0.0812. The smallest absolute Gasteiger partial charge is 0.310 e. The Morgan fingerprint density at radius 3 is 1.74 bits per heavy atom. The first-order chi connectivity index (χ1) is 9.19. The molecule has 4 heteroatoms. The number of carbonyl (C=O) groups excluding carboxylic acids is 2. The van der Waals surface area contributed by atoms with Crippen molar-refractivity contribution in [2.75, 3.05) is 14.2 Å². The van der Waals surface area contributed by atoms with Gasteiger partial charge in [-0.2, -0.15) is 0 Å². The van der Waals surface area contributed by atoms with Gasteiger partial charge in [0.1, 0.15) is 0 Å². The summed E-state index contributed by atoms with van der Waals surface area (Å²) in [7, 11) is 2.74. The second-order valence-corrected chi connectivity index (χ2v) is 5.18. The molecule has 1 fully saturated rings. The molecule has 100 valence electrons. The normalized spacial score (nSPS) is 30.8. The Kier molecular flexibility index (Phi) is 2.81. The highest BCUT2D eigenvalue weighted by atomic mass is 16.5. The van der Waals surface area contributed by atoms with Crippen molar-refractivity contribution in [3.05, 3.63) is 35.4 Å². The molecule has 1 saturated carbocycles. The first-order valence-corrected chi connectivity index (χ1v) is 6.43. The number of hydrogen-bond donors (Lipinski definition) is 0. The van der Waals surface area contributed by atoms with Gasteiger partial charge in [0, 0.05) is 0 Å². The maximum atomic E-state index is 12.0. The second-order valence-electron chi connectivity index (χ2n) is 5.18. The van der Waals surface area contributed by atoms with E-state index in [0.29, 0.717) is 0 Å². The number of methoxy groups -OCH3 is 2. The standard InChI is InChI=1S/C15H16O4/c1-18-14(16)12-10-7-11(13(12)15(17)19-2)9-6-4-3-5-8(9)10/h3-6,10-13H,7H2,1-2H3/t10-,11+,12-,13+. The van der Waals surface area contributed by atoms with E-state index < -0.39 is 11.8 Å². The Morgan fingerprint density at radius 2 is 1.37 bits per heavy atom. The molecule has 2 bridgehead atoms. The van der Waals surface area contributed by atoms with Crippen LogP contribution in [0.2, 0.25) is 0 Å². The van der Waals surface area contributed by atoms with Crippen LogP contribution in [0, 0.1) is 11.8 Å². The predicted molar refractivity (Wildman–Crippen MR) is 67.6 cm³/mol. The summed E-state index contributed by atoms with van der Waals surface area (Å²) in [6.07, 6.45) is 0.832. The maximum absolute atomic E-state index is 12.0. The van der Waals surface area contributed by atoms with Crippen molar-refractivity contribution in [3.8, 4) is 0 Å². The number of esters is 2. The van der Waals surface area contributed by atoms with Crippen molar-refractivity contribution in [3.63, 3.8) is 0 Å². The van der Waals surface area contributed by atoms with E-state index in [1.807, 2.05) is 24.3 Å². The summed E-state index contributed by atoms with van der Waals surface area (Å²) in [6.45, 7) is 0. The molecule has 19 heavy (non-hydrogen) atoms. The van der Waals surface area contributed by atoms with Gasteiger partial charge in [-0.25, -0.2) is 0 Å². The first kappa shape index (κ1) is 12.2. The van der Waals surface area contributed by atoms with Gasteiger partial charge in [-0.05, 0) is 29.4 Å². The van der Waals surface area contributed by atoms with E-state index in [1.165, 1.54) is 25.3 Å². The fourth-order valence-corrected chi connectivity index (χ4v) is 3.79. The van der Waals surface area contributed by atoms with Gasteiger partial charge < -0.3 is 9.47 Å². The Labute approximate surface area is 111 Å². The summed E-state index contributed by atoms with van der Waals surface area (Å²) >= 11 is 0. The van der Waals surface area contributed by atoms with Gasteiger partial charge in [-0.3, -0.25) is 9.59 Å². The highest BCUT2D eigenvalue weighted by Gasteiger charge is 2.57.